The fourth-order valence-corrected chi connectivity index (χ4v) is 1.74. The molecule has 1 aromatic rings. The Balaban J connectivity index is 2.89. The van der Waals surface area contributed by atoms with E-state index in [4.69, 9.17) is 5.73 Å². The minimum Gasteiger partial charge on any atom is -0.330 e. The van der Waals surface area contributed by atoms with Gasteiger partial charge in [-0.25, -0.2) is 8.42 Å². The molecule has 0 radical (unpaired) electrons. The highest BCUT2D eigenvalue weighted by atomic mass is 32.2. The van der Waals surface area contributed by atoms with Crippen LogP contribution in [0.25, 0.3) is 0 Å². The molecule has 0 saturated heterocycles. The van der Waals surface area contributed by atoms with Gasteiger partial charge in [0.15, 0.2) is 0 Å². The van der Waals surface area contributed by atoms with Gasteiger partial charge in [0.05, 0.1) is 11.9 Å². The van der Waals surface area contributed by atoms with E-state index < -0.39 is 10.0 Å². The second-order valence-corrected chi connectivity index (χ2v) is 5.45. The van der Waals surface area contributed by atoms with Gasteiger partial charge in [-0.2, -0.15) is 0 Å². The molecule has 0 aromatic heterocycles. The largest absolute Gasteiger partial charge is 0.330 e. The number of benzene rings is 1. The number of hydrogen-bond donors (Lipinski definition) is 1. The van der Waals surface area contributed by atoms with Crippen molar-refractivity contribution < 1.29 is 8.42 Å². The first kappa shape index (κ1) is 12.0. The molecule has 0 aliphatic carbocycles. The second-order valence-electron chi connectivity index (χ2n) is 3.44. The third kappa shape index (κ3) is 3.21. The van der Waals surface area contributed by atoms with E-state index in [9.17, 15) is 8.42 Å². The van der Waals surface area contributed by atoms with E-state index in [1.54, 1.807) is 12.1 Å². The lowest BCUT2D eigenvalue weighted by Gasteiger charge is -2.16. The van der Waals surface area contributed by atoms with Crippen LogP contribution >= 0.6 is 0 Å². The average molecular weight is 228 g/mol. The Hall–Kier alpha value is -1.07. The van der Waals surface area contributed by atoms with Gasteiger partial charge in [-0.05, 0) is 30.7 Å². The lowest BCUT2D eigenvalue weighted by Crippen LogP contribution is -2.24. The van der Waals surface area contributed by atoms with Crippen molar-refractivity contribution in [2.45, 2.75) is 6.42 Å². The molecule has 5 heteroatoms. The van der Waals surface area contributed by atoms with E-state index in [0.29, 0.717) is 12.2 Å². The molecule has 0 atom stereocenters. The van der Waals surface area contributed by atoms with Gasteiger partial charge in [-0.3, -0.25) is 4.31 Å². The maximum absolute atomic E-state index is 11.2. The number of nitrogens with two attached hydrogens (primary N) is 1. The van der Waals surface area contributed by atoms with Crippen molar-refractivity contribution in [3.63, 3.8) is 0 Å². The van der Waals surface area contributed by atoms with Gasteiger partial charge in [0.1, 0.15) is 0 Å². The topological polar surface area (TPSA) is 63.4 Å². The monoisotopic (exact) mass is 228 g/mol. The molecule has 0 saturated carbocycles. The number of anilines is 1. The summed E-state index contributed by atoms with van der Waals surface area (Å²) < 4.78 is 23.7. The van der Waals surface area contributed by atoms with Crippen LogP contribution in [0.15, 0.2) is 24.3 Å². The molecule has 0 spiro atoms. The number of rotatable bonds is 4. The van der Waals surface area contributed by atoms with Gasteiger partial charge < -0.3 is 5.73 Å². The molecule has 1 rings (SSSR count). The van der Waals surface area contributed by atoms with Gasteiger partial charge in [-0.1, -0.05) is 12.1 Å². The highest BCUT2D eigenvalue weighted by Gasteiger charge is 2.10. The van der Waals surface area contributed by atoms with Crippen molar-refractivity contribution in [1.29, 1.82) is 0 Å². The predicted octanol–water partition coefficient (Wildman–Crippen LogP) is 0.584. The van der Waals surface area contributed by atoms with Crippen LogP contribution in [0.2, 0.25) is 0 Å². The molecule has 0 fully saturated rings. The van der Waals surface area contributed by atoms with Crippen molar-refractivity contribution in [1.82, 2.24) is 0 Å². The Morgan fingerprint density at radius 1 is 1.27 bits per heavy atom. The van der Waals surface area contributed by atoms with Crippen LogP contribution in [0.5, 0.6) is 0 Å². The Morgan fingerprint density at radius 2 is 1.80 bits per heavy atom. The van der Waals surface area contributed by atoms with Gasteiger partial charge in [-0.15, -0.1) is 0 Å². The summed E-state index contributed by atoms with van der Waals surface area (Å²) in [6.45, 7) is 0.598. The summed E-state index contributed by atoms with van der Waals surface area (Å²) in [5.41, 5.74) is 7.20. The maximum atomic E-state index is 11.2. The first-order valence-electron chi connectivity index (χ1n) is 4.68. The molecule has 0 unspecified atom stereocenters. The molecule has 2 N–H and O–H groups in total. The first-order chi connectivity index (χ1) is 6.95. The normalized spacial score (nSPS) is 11.4. The molecule has 0 aliphatic heterocycles. The Morgan fingerprint density at radius 3 is 2.20 bits per heavy atom. The van der Waals surface area contributed by atoms with Crippen molar-refractivity contribution in [2.24, 2.45) is 5.73 Å². The molecular weight excluding hydrogens is 212 g/mol. The number of hydrogen-bond acceptors (Lipinski definition) is 3. The van der Waals surface area contributed by atoms with Crippen molar-refractivity contribution >= 4 is 15.7 Å². The molecular formula is C10H16N2O2S. The lowest BCUT2D eigenvalue weighted by atomic mass is 10.1. The summed E-state index contributed by atoms with van der Waals surface area (Å²) in [6, 6.07) is 7.35. The smallest absolute Gasteiger partial charge is 0.231 e. The molecule has 15 heavy (non-hydrogen) atoms. The molecule has 4 nitrogen and oxygen atoms in total. The first-order valence-corrected chi connectivity index (χ1v) is 6.53. The third-order valence-corrected chi connectivity index (χ3v) is 3.44. The SMILES string of the molecule is CN(c1ccc(CCN)cc1)S(C)(=O)=O. The van der Waals surface area contributed by atoms with Gasteiger partial charge >= 0.3 is 0 Å². The zero-order valence-corrected chi connectivity index (χ0v) is 9.79. The fraction of sp³-hybridized carbons (Fsp3) is 0.400. The van der Waals surface area contributed by atoms with E-state index in [1.165, 1.54) is 17.6 Å². The minimum atomic E-state index is -3.17. The summed E-state index contributed by atoms with van der Waals surface area (Å²) in [5.74, 6) is 0. The zero-order chi connectivity index (χ0) is 11.5. The Labute approximate surface area is 90.8 Å². The van der Waals surface area contributed by atoms with Gasteiger partial charge in [0.25, 0.3) is 0 Å². The molecule has 0 amide bonds. The van der Waals surface area contributed by atoms with E-state index in [1.807, 2.05) is 12.1 Å². The third-order valence-electron chi connectivity index (χ3n) is 2.23. The van der Waals surface area contributed by atoms with Crippen molar-refractivity contribution in [3.05, 3.63) is 29.8 Å². The standard InChI is InChI=1S/C10H16N2O2S/c1-12(15(2,13)14)10-5-3-9(4-6-10)7-8-11/h3-6H,7-8,11H2,1-2H3. The summed E-state index contributed by atoms with van der Waals surface area (Å²) in [6.07, 6.45) is 1.99. The highest BCUT2D eigenvalue weighted by Crippen LogP contribution is 2.16. The molecule has 0 heterocycles. The Bertz CT molecular complexity index is 412. The zero-order valence-electron chi connectivity index (χ0n) is 8.97. The average Bonchev–Trinajstić information content (AvgIpc) is 2.17. The number of sulfonamides is 1. The summed E-state index contributed by atoms with van der Waals surface area (Å²) >= 11 is 0. The summed E-state index contributed by atoms with van der Waals surface area (Å²) in [5, 5.41) is 0. The molecule has 84 valence electrons. The molecule has 1 aromatic carbocycles. The maximum Gasteiger partial charge on any atom is 0.231 e. The second kappa shape index (κ2) is 4.63. The van der Waals surface area contributed by atoms with Crippen LogP contribution in [0.1, 0.15) is 5.56 Å². The summed E-state index contributed by atoms with van der Waals surface area (Å²) in [4.78, 5) is 0. The Kier molecular flexibility index (Phi) is 3.71. The van der Waals surface area contributed by atoms with Crippen molar-refractivity contribution in [3.8, 4) is 0 Å². The molecule has 0 aliphatic rings. The lowest BCUT2D eigenvalue weighted by molar-refractivity contribution is 0.600. The fourth-order valence-electron chi connectivity index (χ4n) is 1.23. The van der Waals surface area contributed by atoms with Crippen LogP contribution < -0.4 is 10.0 Å². The van der Waals surface area contributed by atoms with E-state index in [-0.39, 0.29) is 0 Å². The van der Waals surface area contributed by atoms with Crippen LogP contribution in [-0.2, 0) is 16.4 Å². The predicted molar refractivity (Wildman–Crippen MR) is 62.4 cm³/mol. The molecule has 0 bridgehead atoms. The summed E-state index contributed by atoms with van der Waals surface area (Å²) in [7, 11) is -1.64. The van der Waals surface area contributed by atoms with Crippen LogP contribution in [0.4, 0.5) is 5.69 Å². The van der Waals surface area contributed by atoms with E-state index >= 15 is 0 Å². The highest BCUT2D eigenvalue weighted by molar-refractivity contribution is 7.92. The van der Waals surface area contributed by atoms with E-state index in [0.717, 1.165) is 12.0 Å². The number of nitrogens with zero attached hydrogens (tertiary/aromatic N) is 1. The minimum absolute atomic E-state index is 0.598. The van der Waals surface area contributed by atoms with E-state index in [2.05, 4.69) is 0 Å². The van der Waals surface area contributed by atoms with Gasteiger partial charge in [0.2, 0.25) is 10.0 Å². The van der Waals surface area contributed by atoms with Gasteiger partial charge in [0, 0.05) is 7.05 Å². The van der Waals surface area contributed by atoms with Crippen LogP contribution in [0, 0.1) is 0 Å². The van der Waals surface area contributed by atoms with Crippen molar-refractivity contribution in [2.75, 3.05) is 24.2 Å². The van der Waals surface area contributed by atoms with Crippen LogP contribution in [0.3, 0.4) is 0 Å². The van der Waals surface area contributed by atoms with Crippen LogP contribution in [-0.4, -0.2) is 28.3 Å². The quantitative estimate of drug-likeness (QED) is 0.820.